The van der Waals surface area contributed by atoms with Gasteiger partial charge >= 0.3 is 0 Å². The van der Waals surface area contributed by atoms with Gasteiger partial charge in [-0.2, -0.15) is 0 Å². The lowest BCUT2D eigenvalue weighted by molar-refractivity contribution is 0.0893. The number of rotatable bonds is 14. The van der Waals surface area contributed by atoms with E-state index in [9.17, 15) is 0 Å². The van der Waals surface area contributed by atoms with Crippen molar-refractivity contribution in [1.82, 2.24) is 9.55 Å². The summed E-state index contributed by atoms with van der Waals surface area (Å²) in [5.41, 5.74) is 3.24. The molecule has 0 aliphatic carbocycles. The monoisotopic (exact) mass is 542 g/mol. The molecule has 0 aliphatic heterocycles. The van der Waals surface area contributed by atoms with Crippen molar-refractivity contribution < 1.29 is 9.47 Å². The second-order valence-electron chi connectivity index (χ2n) is 10.0. The van der Waals surface area contributed by atoms with Crippen LogP contribution in [0, 0.1) is 0 Å². The van der Waals surface area contributed by atoms with Gasteiger partial charge in [-0.15, -0.1) is 0 Å². The van der Waals surface area contributed by atoms with E-state index < -0.39 is 8.07 Å². The molecule has 4 nitrogen and oxygen atoms in total. The van der Waals surface area contributed by atoms with Crippen molar-refractivity contribution in [3.63, 3.8) is 0 Å². The molecule has 0 bridgehead atoms. The molecule has 0 saturated heterocycles. The molecule has 0 radical (unpaired) electrons. The summed E-state index contributed by atoms with van der Waals surface area (Å²) in [7, 11) is -1.14. The molecule has 6 heteroatoms. The highest BCUT2D eigenvalue weighted by Crippen LogP contribution is 2.29. The molecule has 0 unspecified atom stereocenters. The van der Waals surface area contributed by atoms with Gasteiger partial charge in [0.05, 0.1) is 18.5 Å². The lowest BCUT2D eigenvalue weighted by Gasteiger charge is -2.17. The number of benzene rings is 2. The van der Waals surface area contributed by atoms with Crippen LogP contribution < -0.4 is 4.74 Å². The third kappa shape index (κ3) is 8.40. The first-order chi connectivity index (χ1) is 16.4. The largest absolute Gasteiger partial charge is 0.494 e. The van der Waals surface area contributed by atoms with E-state index >= 15 is 0 Å². The van der Waals surface area contributed by atoms with Crippen molar-refractivity contribution in [2.75, 3.05) is 13.2 Å². The van der Waals surface area contributed by atoms with Crippen LogP contribution in [0.5, 0.6) is 5.75 Å². The average molecular weight is 544 g/mol. The number of halogens is 1. The summed E-state index contributed by atoms with van der Waals surface area (Å²) in [6.07, 6.45) is 8.17. The molecule has 1 aromatic heterocycles. The minimum absolute atomic E-state index is 0.487. The minimum atomic E-state index is -1.14. The van der Waals surface area contributed by atoms with Gasteiger partial charge in [0.1, 0.15) is 18.3 Å². The summed E-state index contributed by atoms with van der Waals surface area (Å²) in [6, 6.07) is 17.8. The normalized spacial score (nSPS) is 11.7. The molecule has 184 valence electrons. The van der Waals surface area contributed by atoms with Crippen LogP contribution in [0.3, 0.4) is 0 Å². The first-order valence-electron chi connectivity index (χ1n) is 12.5. The summed E-state index contributed by atoms with van der Waals surface area (Å²) in [4.78, 5) is 4.77. The highest BCUT2D eigenvalue weighted by Gasteiger charge is 2.16. The van der Waals surface area contributed by atoms with E-state index in [1.54, 1.807) is 0 Å². The van der Waals surface area contributed by atoms with E-state index in [4.69, 9.17) is 14.5 Å². The molecule has 3 aromatic rings. The number of hydrogen-bond donors (Lipinski definition) is 0. The first-order valence-corrected chi connectivity index (χ1v) is 17.0. The van der Waals surface area contributed by atoms with E-state index in [1.807, 2.05) is 6.20 Å². The van der Waals surface area contributed by atoms with Crippen molar-refractivity contribution in [3.8, 4) is 28.4 Å². The Morgan fingerprint density at radius 1 is 0.853 bits per heavy atom. The number of ether oxygens (including phenoxy) is 2. The molecular formula is C28H39BrN2O2Si. The SMILES string of the molecule is CCCCCCCOc1ccc(-c2cnc(-c3ccc(Br)cc3)n2COCC[Si](C)(C)C)cc1. The van der Waals surface area contributed by atoms with Gasteiger partial charge in [0.2, 0.25) is 0 Å². The fourth-order valence-electron chi connectivity index (χ4n) is 3.72. The number of aromatic nitrogens is 2. The van der Waals surface area contributed by atoms with Gasteiger partial charge in [-0.3, -0.25) is 4.57 Å². The maximum absolute atomic E-state index is 6.14. The van der Waals surface area contributed by atoms with Crippen LogP contribution >= 0.6 is 15.9 Å². The highest BCUT2D eigenvalue weighted by atomic mass is 79.9. The average Bonchev–Trinajstić information content (AvgIpc) is 3.23. The van der Waals surface area contributed by atoms with Gasteiger partial charge in [-0.05, 0) is 48.9 Å². The van der Waals surface area contributed by atoms with E-state index in [2.05, 4.69) is 95.6 Å². The lowest BCUT2D eigenvalue weighted by Crippen LogP contribution is -2.22. The van der Waals surface area contributed by atoms with Crippen LogP contribution in [-0.2, 0) is 11.5 Å². The van der Waals surface area contributed by atoms with Gasteiger partial charge < -0.3 is 9.47 Å². The third-order valence-corrected chi connectivity index (χ3v) is 8.07. The molecule has 0 N–H and O–H groups in total. The highest BCUT2D eigenvalue weighted by molar-refractivity contribution is 9.10. The Morgan fingerprint density at radius 3 is 2.21 bits per heavy atom. The van der Waals surface area contributed by atoms with E-state index in [-0.39, 0.29) is 0 Å². The maximum atomic E-state index is 6.14. The number of unbranched alkanes of at least 4 members (excludes halogenated alkanes) is 4. The molecule has 0 aliphatic rings. The van der Waals surface area contributed by atoms with Gasteiger partial charge in [0, 0.05) is 30.3 Å². The van der Waals surface area contributed by atoms with Gasteiger partial charge in [-0.25, -0.2) is 4.98 Å². The summed E-state index contributed by atoms with van der Waals surface area (Å²) >= 11 is 3.53. The standard InChI is InChI=1S/C28H39BrN2O2Si/c1-5-6-7-8-9-18-33-26-16-12-23(13-17-26)27-21-30-28(24-10-14-25(29)15-11-24)31(27)22-32-19-20-34(2,3)4/h10-17,21H,5-9,18-20,22H2,1-4H3. The Kier molecular flexibility index (Phi) is 10.4. The van der Waals surface area contributed by atoms with Crippen molar-refractivity contribution in [2.24, 2.45) is 0 Å². The van der Waals surface area contributed by atoms with Gasteiger partial charge in [0.15, 0.2) is 0 Å². The van der Waals surface area contributed by atoms with E-state index in [0.29, 0.717) is 6.73 Å². The number of hydrogen-bond acceptors (Lipinski definition) is 3. The van der Waals surface area contributed by atoms with Gasteiger partial charge in [0.25, 0.3) is 0 Å². The second-order valence-corrected chi connectivity index (χ2v) is 16.6. The van der Waals surface area contributed by atoms with Crippen LogP contribution in [-0.4, -0.2) is 30.8 Å². The maximum Gasteiger partial charge on any atom is 0.142 e. The Labute approximate surface area is 214 Å². The second kappa shape index (κ2) is 13.3. The van der Waals surface area contributed by atoms with Crippen molar-refractivity contribution >= 4 is 24.0 Å². The summed E-state index contributed by atoms with van der Waals surface area (Å²) in [6.45, 7) is 11.4. The number of imidazole rings is 1. The van der Waals surface area contributed by atoms with E-state index in [1.165, 1.54) is 25.7 Å². The fraction of sp³-hybridized carbons (Fsp3) is 0.464. The predicted molar refractivity (Wildman–Crippen MR) is 149 cm³/mol. The Balaban J connectivity index is 1.72. The molecule has 0 atom stereocenters. The Morgan fingerprint density at radius 2 is 1.53 bits per heavy atom. The molecule has 0 saturated carbocycles. The minimum Gasteiger partial charge on any atom is -0.494 e. The topological polar surface area (TPSA) is 36.3 Å². The Bertz CT molecular complexity index is 995. The lowest BCUT2D eigenvalue weighted by atomic mass is 10.1. The molecule has 0 fully saturated rings. The van der Waals surface area contributed by atoms with Crippen LogP contribution in [0.2, 0.25) is 25.7 Å². The fourth-order valence-corrected chi connectivity index (χ4v) is 4.74. The zero-order chi connectivity index (χ0) is 24.4. The molecule has 2 aromatic carbocycles. The quantitative estimate of drug-likeness (QED) is 0.151. The van der Waals surface area contributed by atoms with Crippen molar-refractivity contribution in [1.29, 1.82) is 0 Å². The van der Waals surface area contributed by atoms with Crippen LogP contribution in [0.4, 0.5) is 0 Å². The predicted octanol–water partition coefficient (Wildman–Crippen LogP) is 8.64. The smallest absolute Gasteiger partial charge is 0.142 e. The molecular weight excluding hydrogens is 504 g/mol. The molecule has 0 spiro atoms. The zero-order valence-corrected chi connectivity index (χ0v) is 23.7. The number of nitrogens with zero attached hydrogens (tertiary/aromatic N) is 2. The van der Waals surface area contributed by atoms with E-state index in [0.717, 1.165) is 58.5 Å². The molecule has 1 heterocycles. The first kappa shape index (κ1) is 26.7. The summed E-state index contributed by atoms with van der Waals surface area (Å²) in [5.74, 6) is 1.84. The molecule has 0 amide bonds. The molecule has 3 rings (SSSR count). The molecule has 34 heavy (non-hydrogen) atoms. The summed E-state index contributed by atoms with van der Waals surface area (Å²) in [5, 5.41) is 0. The summed E-state index contributed by atoms with van der Waals surface area (Å²) < 4.78 is 15.3. The van der Waals surface area contributed by atoms with Crippen LogP contribution in [0.25, 0.3) is 22.6 Å². The van der Waals surface area contributed by atoms with Crippen molar-refractivity contribution in [2.45, 2.75) is 71.4 Å². The van der Waals surface area contributed by atoms with Crippen LogP contribution in [0.15, 0.2) is 59.2 Å². The van der Waals surface area contributed by atoms with Gasteiger partial charge in [-0.1, -0.05) is 80.3 Å². The Hall–Kier alpha value is -1.89. The zero-order valence-electron chi connectivity index (χ0n) is 21.1. The van der Waals surface area contributed by atoms with Crippen LogP contribution in [0.1, 0.15) is 39.0 Å². The third-order valence-electron chi connectivity index (χ3n) is 5.84. The van der Waals surface area contributed by atoms with Crippen molar-refractivity contribution in [3.05, 3.63) is 59.2 Å².